The lowest BCUT2D eigenvalue weighted by Gasteiger charge is -2.34. The Morgan fingerprint density at radius 3 is 2.88 bits per heavy atom. The number of carbonyl (C=O) groups is 2. The molecule has 16 heavy (non-hydrogen) atoms. The van der Waals surface area contributed by atoms with Crippen molar-refractivity contribution >= 4 is 23.6 Å². The largest absolute Gasteiger partial charge is 0.477 e. The Kier molecular flexibility index (Phi) is 3.23. The molecule has 2 aliphatic heterocycles. The van der Waals surface area contributed by atoms with Crippen molar-refractivity contribution in [3.63, 3.8) is 0 Å². The maximum Gasteiger partial charge on any atom is 0.353 e. The zero-order valence-corrected chi connectivity index (χ0v) is 10.0. The number of carbonyl (C=O) groups excluding carboxylic acids is 1. The molecule has 2 heterocycles. The molecule has 0 aliphatic carbocycles. The van der Waals surface area contributed by atoms with Crippen molar-refractivity contribution in [2.75, 3.05) is 5.75 Å². The van der Waals surface area contributed by atoms with Crippen molar-refractivity contribution in [1.29, 1.82) is 0 Å². The van der Waals surface area contributed by atoms with Gasteiger partial charge in [0.2, 0.25) is 5.91 Å². The Hall–Kier alpha value is -0.970. The summed E-state index contributed by atoms with van der Waals surface area (Å²) in [6, 6.07) is 0.128. The number of hydrogen-bond acceptors (Lipinski definition) is 3. The van der Waals surface area contributed by atoms with E-state index in [2.05, 4.69) is 6.92 Å². The Morgan fingerprint density at radius 2 is 2.31 bits per heavy atom. The van der Waals surface area contributed by atoms with Crippen molar-refractivity contribution in [3.05, 3.63) is 10.6 Å². The molecule has 0 bridgehead atoms. The molecule has 0 saturated carbocycles. The molecule has 0 aromatic carbocycles. The lowest BCUT2D eigenvalue weighted by atomic mass is 10.0. The average Bonchev–Trinajstić information content (AvgIpc) is 2.52. The van der Waals surface area contributed by atoms with Crippen LogP contribution in [0.2, 0.25) is 0 Å². The van der Waals surface area contributed by atoms with Gasteiger partial charge in [-0.1, -0.05) is 13.3 Å². The van der Waals surface area contributed by atoms with Crippen LogP contribution in [0.5, 0.6) is 0 Å². The van der Waals surface area contributed by atoms with Gasteiger partial charge in [-0.2, -0.15) is 0 Å². The molecule has 88 valence electrons. The molecule has 0 aromatic heterocycles. The summed E-state index contributed by atoms with van der Waals surface area (Å²) in [4.78, 5) is 24.8. The highest BCUT2D eigenvalue weighted by atomic mass is 32.2. The van der Waals surface area contributed by atoms with E-state index >= 15 is 0 Å². The van der Waals surface area contributed by atoms with Crippen molar-refractivity contribution in [2.45, 2.75) is 38.6 Å². The Balaban J connectivity index is 2.09. The molecule has 1 saturated heterocycles. The highest BCUT2D eigenvalue weighted by Gasteiger charge is 2.47. The van der Waals surface area contributed by atoms with E-state index in [0.29, 0.717) is 6.42 Å². The molecule has 5 heteroatoms. The first-order chi connectivity index (χ1) is 7.65. The summed E-state index contributed by atoms with van der Waals surface area (Å²) in [6.45, 7) is 2.11. The van der Waals surface area contributed by atoms with Gasteiger partial charge in [-0.15, -0.1) is 11.8 Å². The number of aliphatic carboxylic acids is 1. The number of fused-ring (bicyclic) bond motifs is 1. The number of hydrogen-bond donors (Lipinski definition) is 1. The van der Waals surface area contributed by atoms with Crippen molar-refractivity contribution < 1.29 is 14.7 Å². The molecular weight excluding hydrogens is 226 g/mol. The molecule has 0 radical (unpaired) electrons. The summed E-state index contributed by atoms with van der Waals surface area (Å²) in [5.74, 6) is -0.0692. The van der Waals surface area contributed by atoms with Crippen LogP contribution in [0.4, 0.5) is 0 Å². The van der Waals surface area contributed by atoms with E-state index in [9.17, 15) is 9.59 Å². The van der Waals surface area contributed by atoms with E-state index in [1.165, 1.54) is 4.90 Å². The number of unbranched alkanes of at least 4 members (excludes halogenated alkanes) is 1. The molecule has 1 unspecified atom stereocenters. The summed E-state index contributed by atoms with van der Waals surface area (Å²) in [6.07, 6.45) is 3.44. The maximum absolute atomic E-state index is 11.3. The third-order valence-electron chi connectivity index (χ3n) is 2.95. The number of amides is 1. The Morgan fingerprint density at radius 1 is 1.56 bits per heavy atom. The summed E-state index contributed by atoms with van der Waals surface area (Å²) < 4.78 is 0. The predicted octanol–water partition coefficient (Wildman–Crippen LogP) is 1.82. The van der Waals surface area contributed by atoms with Crippen LogP contribution in [0.15, 0.2) is 10.6 Å². The van der Waals surface area contributed by atoms with Crippen LogP contribution in [0, 0.1) is 0 Å². The number of carboxylic acids is 1. The number of thioether (sulfide) groups is 1. The third-order valence-corrected chi connectivity index (χ3v) is 4.15. The number of rotatable bonds is 5. The molecule has 0 spiro atoms. The van der Waals surface area contributed by atoms with E-state index in [0.717, 1.165) is 29.9 Å². The van der Waals surface area contributed by atoms with Crippen LogP contribution in [0.3, 0.4) is 0 Å². The summed E-state index contributed by atoms with van der Waals surface area (Å²) in [5.41, 5.74) is 0.238. The molecule has 1 fully saturated rings. The first-order valence-electron chi connectivity index (χ1n) is 5.56. The average molecular weight is 241 g/mol. The van der Waals surface area contributed by atoms with Crippen LogP contribution in [-0.2, 0) is 9.59 Å². The zero-order valence-electron chi connectivity index (χ0n) is 9.23. The molecule has 1 amide bonds. The van der Waals surface area contributed by atoms with Crippen molar-refractivity contribution in [1.82, 2.24) is 4.90 Å². The van der Waals surface area contributed by atoms with E-state index in [1.807, 2.05) is 0 Å². The smallest absolute Gasteiger partial charge is 0.353 e. The molecule has 2 rings (SSSR count). The minimum Gasteiger partial charge on any atom is -0.477 e. The highest BCUT2D eigenvalue weighted by Crippen LogP contribution is 2.43. The fraction of sp³-hybridized carbons (Fsp3) is 0.636. The summed E-state index contributed by atoms with van der Waals surface area (Å²) >= 11 is 1.60. The van der Waals surface area contributed by atoms with Gasteiger partial charge >= 0.3 is 5.97 Å². The Labute approximate surface area is 98.7 Å². The number of carboxylic acid groups (broad SMARTS) is 1. The van der Waals surface area contributed by atoms with E-state index < -0.39 is 5.97 Å². The lowest BCUT2D eigenvalue weighted by molar-refractivity contribution is -0.147. The SMILES string of the molecule is CCCCSC1=C(C(=O)O)N2C(=O)CC2C1. The van der Waals surface area contributed by atoms with Crippen LogP contribution < -0.4 is 0 Å². The first kappa shape index (κ1) is 11.5. The molecule has 2 aliphatic rings. The van der Waals surface area contributed by atoms with E-state index in [4.69, 9.17) is 5.11 Å². The van der Waals surface area contributed by atoms with Gasteiger partial charge in [0, 0.05) is 17.7 Å². The fourth-order valence-corrected chi connectivity index (χ4v) is 3.40. The normalized spacial score (nSPS) is 23.4. The second-order valence-corrected chi connectivity index (χ2v) is 5.29. The fourth-order valence-electron chi connectivity index (χ4n) is 2.09. The van der Waals surface area contributed by atoms with Crippen LogP contribution in [0.1, 0.15) is 32.6 Å². The topological polar surface area (TPSA) is 57.6 Å². The van der Waals surface area contributed by atoms with Crippen LogP contribution in [0.25, 0.3) is 0 Å². The molecular formula is C11H15NO3S. The monoisotopic (exact) mass is 241 g/mol. The van der Waals surface area contributed by atoms with Gasteiger partial charge < -0.3 is 10.0 Å². The number of nitrogens with zero attached hydrogens (tertiary/aromatic N) is 1. The predicted molar refractivity (Wildman–Crippen MR) is 61.9 cm³/mol. The van der Waals surface area contributed by atoms with Crippen LogP contribution in [-0.4, -0.2) is 33.7 Å². The summed E-state index contributed by atoms with van der Waals surface area (Å²) in [7, 11) is 0. The minimum absolute atomic E-state index is 0.0477. The van der Waals surface area contributed by atoms with Gasteiger partial charge in [0.1, 0.15) is 5.70 Å². The first-order valence-corrected chi connectivity index (χ1v) is 6.55. The second-order valence-electron chi connectivity index (χ2n) is 4.10. The van der Waals surface area contributed by atoms with Crippen LogP contribution >= 0.6 is 11.8 Å². The zero-order chi connectivity index (χ0) is 11.7. The molecule has 1 N–H and O–H groups in total. The summed E-state index contributed by atoms with van der Waals surface area (Å²) in [5, 5.41) is 9.11. The van der Waals surface area contributed by atoms with Gasteiger partial charge in [0.25, 0.3) is 0 Å². The van der Waals surface area contributed by atoms with Gasteiger partial charge in [-0.25, -0.2) is 4.79 Å². The van der Waals surface area contributed by atoms with Crippen molar-refractivity contribution in [2.24, 2.45) is 0 Å². The van der Waals surface area contributed by atoms with Gasteiger partial charge in [0.15, 0.2) is 0 Å². The van der Waals surface area contributed by atoms with E-state index in [-0.39, 0.29) is 17.6 Å². The molecule has 0 aromatic rings. The lowest BCUT2D eigenvalue weighted by Crippen LogP contribution is -2.49. The van der Waals surface area contributed by atoms with Gasteiger partial charge in [-0.05, 0) is 12.2 Å². The third kappa shape index (κ3) is 1.84. The van der Waals surface area contributed by atoms with Crippen molar-refractivity contribution in [3.8, 4) is 0 Å². The molecule has 4 nitrogen and oxygen atoms in total. The molecule has 1 atom stereocenters. The quantitative estimate of drug-likeness (QED) is 0.589. The maximum atomic E-state index is 11.3. The Bertz CT molecular complexity index is 364. The second kappa shape index (κ2) is 4.49. The standard InChI is InChI=1S/C11H15NO3S/c1-2-3-4-16-8-5-7-6-9(13)12(7)10(8)11(14)15/h7H,2-6H2,1H3,(H,14,15). The van der Waals surface area contributed by atoms with Gasteiger partial charge in [-0.3, -0.25) is 4.79 Å². The van der Waals surface area contributed by atoms with Gasteiger partial charge in [0.05, 0.1) is 6.04 Å². The highest BCUT2D eigenvalue weighted by molar-refractivity contribution is 8.03. The minimum atomic E-state index is -0.963. The van der Waals surface area contributed by atoms with E-state index in [1.54, 1.807) is 11.8 Å². The number of β-lactam (4-membered cyclic amide) rings is 1.